The first-order valence-electron chi connectivity index (χ1n) is 3.06. The fourth-order valence-corrected chi connectivity index (χ4v) is 0.632. The first-order chi connectivity index (χ1) is 5.33. The average Bonchev–Trinajstić information content (AvgIpc) is 2.04. The zero-order valence-corrected chi connectivity index (χ0v) is 6.45. The first kappa shape index (κ1) is 8.23. The summed E-state index contributed by atoms with van der Waals surface area (Å²) in [6, 6.07) is 3.16. The molecule has 1 heterocycles. The maximum absolute atomic E-state index is 8.38. The quantitative estimate of drug-likeness (QED) is 0.725. The lowest BCUT2D eigenvalue weighted by atomic mass is 10.6. The minimum Gasteiger partial charge on any atom is -0.474 e. The third-order valence-electron chi connectivity index (χ3n) is 0.949. The van der Waals surface area contributed by atoms with Crippen molar-refractivity contribution < 1.29 is 9.84 Å². The molecule has 0 amide bonds. The summed E-state index contributed by atoms with van der Waals surface area (Å²) in [4.78, 5) is 0. The second-order valence-corrected chi connectivity index (χ2v) is 2.15. The molecule has 0 fully saturated rings. The van der Waals surface area contributed by atoms with E-state index in [-0.39, 0.29) is 13.2 Å². The van der Waals surface area contributed by atoms with Gasteiger partial charge in [-0.1, -0.05) is 11.6 Å². The van der Waals surface area contributed by atoms with Gasteiger partial charge in [0.2, 0.25) is 5.88 Å². The fraction of sp³-hybridized carbons (Fsp3) is 0.333. The van der Waals surface area contributed by atoms with Gasteiger partial charge in [-0.15, -0.1) is 10.2 Å². The predicted octanol–water partition coefficient (Wildman–Crippen LogP) is 0.501. The molecule has 4 nitrogen and oxygen atoms in total. The molecule has 0 aliphatic rings. The summed E-state index contributed by atoms with van der Waals surface area (Å²) in [7, 11) is 0. The van der Waals surface area contributed by atoms with Gasteiger partial charge >= 0.3 is 0 Å². The third-order valence-corrected chi connectivity index (χ3v) is 1.15. The molecular weight excluding hydrogens is 168 g/mol. The van der Waals surface area contributed by atoms with Gasteiger partial charge in [0.15, 0.2) is 5.15 Å². The van der Waals surface area contributed by atoms with Crippen molar-refractivity contribution in [2.24, 2.45) is 0 Å². The van der Waals surface area contributed by atoms with Crippen molar-refractivity contribution in [3.8, 4) is 5.88 Å². The molecule has 5 heteroatoms. The summed E-state index contributed by atoms with van der Waals surface area (Å²) in [5.41, 5.74) is 0. The van der Waals surface area contributed by atoms with Crippen LogP contribution in [-0.2, 0) is 0 Å². The van der Waals surface area contributed by atoms with Crippen LogP contribution in [0.25, 0.3) is 0 Å². The molecule has 1 aromatic heterocycles. The summed E-state index contributed by atoms with van der Waals surface area (Å²) in [5.74, 6) is 0.364. The highest BCUT2D eigenvalue weighted by Gasteiger charge is 1.94. The molecule has 0 aromatic carbocycles. The van der Waals surface area contributed by atoms with E-state index in [1.807, 2.05) is 0 Å². The number of hydrogen-bond acceptors (Lipinski definition) is 4. The Labute approximate surface area is 68.8 Å². The van der Waals surface area contributed by atoms with Crippen molar-refractivity contribution in [3.63, 3.8) is 0 Å². The molecule has 60 valence electrons. The number of nitrogens with zero attached hydrogens (tertiary/aromatic N) is 2. The van der Waals surface area contributed by atoms with Gasteiger partial charge in [-0.3, -0.25) is 0 Å². The Balaban J connectivity index is 2.52. The minimum atomic E-state index is -0.0374. The fourth-order valence-electron chi connectivity index (χ4n) is 0.531. The first-order valence-corrected chi connectivity index (χ1v) is 3.43. The molecule has 1 rings (SSSR count). The normalized spacial score (nSPS) is 9.64. The van der Waals surface area contributed by atoms with Crippen molar-refractivity contribution in [2.75, 3.05) is 13.2 Å². The highest BCUT2D eigenvalue weighted by Crippen LogP contribution is 2.07. The molecule has 0 spiro atoms. The highest BCUT2D eigenvalue weighted by molar-refractivity contribution is 6.29. The number of aliphatic hydroxyl groups is 1. The Hall–Kier alpha value is -0.870. The van der Waals surface area contributed by atoms with E-state index in [9.17, 15) is 0 Å². The van der Waals surface area contributed by atoms with Crippen LogP contribution in [0, 0.1) is 0 Å². The van der Waals surface area contributed by atoms with Gasteiger partial charge in [-0.2, -0.15) is 0 Å². The van der Waals surface area contributed by atoms with Crippen LogP contribution in [0.3, 0.4) is 0 Å². The van der Waals surface area contributed by atoms with Crippen molar-refractivity contribution >= 4 is 11.6 Å². The van der Waals surface area contributed by atoms with Gasteiger partial charge in [0.25, 0.3) is 0 Å². The lowest BCUT2D eigenvalue weighted by Gasteiger charge is -1.99. The van der Waals surface area contributed by atoms with Gasteiger partial charge in [0, 0.05) is 6.07 Å². The molecule has 0 unspecified atom stereocenters. The summed E-state index contributed by atoms with van der Waals surface area (Å²) >= 11 is 5.47. The molecule has 0 atom stereocenters. The maximum atomic E-state index is 8.38. The molecule has 1 aromatic rings. The standard InChI is InChI=1S/C6H7ClN2O2/c7-5-1-2-6(9-8-5)11-4-3-10/h1-2,10H,3-4H2. The van der Waals surface area contributed by atoms with Gasteiger partial charge in [0.05, 0.1) is 6.61 Å². The largest absolute Gasteiger partial charge is 0.474 e. The van der Waals surface area contributed by atoms with E-state index >= 15 is 0 Å². The van der Waals surface area contributed by atoms with Gasteiger partial charge in [0.1, 0.15) is 6.61 Å². The molecule has 0 bridgehead atoms. The van der Waals surface area contributed by atoms with Crippen LogP contribution >= 0.6 is 11.6 Å². The van der Waals surface area contributed by atoms with Gasteiger partial charge in [-0.25, -0.2) is 0 Å². The van der Waals surface area contributed by atoms with Crippen LogP contribution in [0.4, 0.5) is 0 Å². The molecule has 0 radical (unpaired) electrons. The number of ether oxygens (including phenoxy) is 1. The SMILES string of the molecule is OCCOc1ccc(Cl)nn1. The van der Waals surface area contributed by atoms with E-state index in [4.69, 9.17) is 21.4 Å². The molecule has 11 heavy (non-hydrogen) atoms. The van der Waals surface area contributed by atoms with E-state index in [0.717, 1.165) is 0 Å². The zero-order chi connectivity index (χ0) is 8.10. The second kappa shape index (κ2) is 4.10. The van der Waals surface area contributed by atoms with E-state index in [1.165, 1.54) is 0 Å². The van der Waals surface area contributed by atoms with Gasteiger partial charge < -0.3 is 9.84 Å². The van der Waals surface area contributed by atoms with E-state index in [2.05, 4.69) is 10.2 Å². The Kier molecular flexibility index (Phi) is 3.07. The number of aromatic nitrogens is 2. The molecular formula is C6H7ClN2O2. The van der Waals surface area contributed by atoms with Crippen LogP contribution in [0.15, 0.2) is 12.1 Å². The van der Waals surface area contributed by atoms with Crippen molar-refractivity contribution in [3.05, 3.63) is 17.3 Å². The lowest BCUT2D eigenvalue weighted by Crippen LogP contribution is -2.03. The lowest BCUT2D eigenvalue weighted by molar-refractivity contribution is 0.195. The zero-order valence-electron chi connectivity index (χ0n) is 5.70. The van der Waals surface area contributed by atoms with Crippen LogP contribution in [-0.4, -0.2) is 28.5 Å². The van der Waals surface area contributed by atoms with Crippen LogP contribution in [0.5, 0.6) is 5.88 Å². The molecule has 0 saturated heterocycles. The minimum absolute atomic E-state index is 0.0374. The summed E-state index contributed by atoms with van der Waals surface area (Å²) in [6.07, 6.45) is 0. The summed E-state index contributed by atoms with van der Waals surface area (Å²) in [6.45, 7) is 0.181. The molecule has 0 saturated carbocycles. The molecule has 0 aliphatic carbocycles. The predicted molar refractivity (Wildman–Crippen MR) is 39.6 cm³/mol. The monoisotopic (exact) mass is 174 g/mol. The number of halogens is 1. The average molecular weight is 175 g/mol. The summed E-state index contributed by atoms with van der Waals surface area (Å²) < 4.78 is 4.93. The van der Waals surface area contributed by atoms with Crippen molar-refractivity contribution in [2.45, 2.75) is 0 Å². The van der Waals surface area contributed by atoms with Crippen molar-refractivity contribution in [1.29, 1.82) is 0 Å². The van der Waals surface area contributed by atoms with Crippen LogP contribution in [0.2, 0.25) is 5.15 Å². The topological polar surface area (TPSA) is 55.2 Å². The van der Waals surface area contributed by atoms with E-state index in [1.54, 1.807) is 12.1 Å². The van der Waals surface area contributed by atoms with Gasteiger partial charge in [-0.05, 0) is 6.07 Å². The third kappa shape index (κ3) is 2.69. The maximum Gasteiger partial charge on any atom is 0.233 e. The number of hydrogen-bond donors (Lipinski definition) is 1. The Morgan fingerprint density at radius 3 is 2.82 bits per heavy atom. The second-order valence-electron chi connectivity index (χ2n) is 1.77. The number of aliphatic hydroxyl groups excluding tert-OH is 1. The molecule has 1 N–H and O–H groups in total. The Morgan fingerprint density at radius 2 is 2.27 bits per heavy atom. The smallest absolute Gasteiger partial charge is 0.233 e. The highest BCUT2D eigenvalue weighted by atomic mass is 35.5. The van der Waals surface area contributed by atoms with Crippen molar-refractivity contribution in [1.82, 2.24) is 10.2 Å². The number of rotatable bonds is 3. The summed E-state index contributed by atoms with van der Waals surface area (Å²) in [5, 5.41) is 15.8. The van der Waals surface area contributed by atoms with Crippen LogP contribution in [0.1, 0.15) is 0 Å². The van der Waals surface area contributed by atoms with E-state index < -0.39 is 0 Å². The Bertz CT molecular complexity index is 214. The van der Waals surface area contributed by atoms with Crippen LogP contribution < -0.4 is 4.74 Å². The Morgan fingerprint density at radius 1 is 1.45 bits per heavy atom. The molecule has 0 aliphatic heterocycles. The van der Waals surface area contributed by atoms with E-state index in [0.29, 0.717) is 11.0 Å².